The van der Waals surface area contributed by atoms with Gasteiger partial charge < -0.3 is 5.32 Å². The highest BCUT2D eigenvalue weighted by Gasteiger charge is 2.11. The van der Waals surface area contributed by atoms with Crippen LogP contribution in [0.4, 0.5) is 0 Å². The molecule has 0 amide bonds. The van der Waals surface area contributed by atoms with E-state index in [1.807, 2.05) is 0 Å². The molecule has 0 saturated heterocycles. The van der Waals surface area contributed by atoms with E-state index in [0.29, 0.717) is 12.0 Å². The molecular formula is C9H20N2. The van der Waals surface area contributed by atoms with Crippen LogP contribution in [-0.2, 0) is 0 Å². The molecule has 11 heavy (non-hydrogen) atoms. The van der Waals surface area contributed by atoms with Gasteiger partial charge in [-0.05, 0) is 26.1 Å². The van der Waals surface area contributed by atoms with E-state index in [1.165, 1.54) is 0 Å². The van der Waals surface area contributed by atoms with E-state index in [1.54, 1.807) is 6.20 Å². The molecule has 0 aromatic rings. The van der Waals surface area contributed by atoms with Crippen LogP contribution in [0.5, 0.6) is 0 Å². The highest BCUT2D eigenvalue weighted by Crippen LogP contribution is 2.06. The lowest BCUT2D eigenvalue weighted by atomic mass is 10.1. The van der Waals surface area contributed by atoms with Crippen molar-refractivity contribution in [2.75, 3.05) is 13.7 Å². The molecule has 1 unspecified atom stereocenters. The average Bonchev–Trinajstić information content (AvgIpc) is 1.98. The number of nitrogens with one attached hydrogen (secondary N) is 1. The van der Waals surface area contributed by atoms with Gasteiger partial charge in [0.15, 0.2) is 0 Å². The van der Waals surface area contributed by atoms with E-state index in [4.69, 9.17) is 0 Å². The highest BCUT2D eigenvalue weighted by atomic mass is 15.2. The molecule has 0 aromatic heterocycles. The zero-order chi connectivity index (χ0) is 8.85. The molecule has 0 aliphatic rings. The van der Waals surface area contributed by atoms with Crippen molar-refractivity contribution in [1.29, 1.82) is 0 Å². The summed E-state index contributed by atoms with van der Waals surface area (Å²) in [6.07, 6.45) is 1.73. The van der Waals surface area contributed by atoms with E-state index >= 15 is 0 Å². The first-order chi connectivity index (χ1) is 5.09. The third-order valence-electron chi connectivity index (χ3n) is 2.15. The molecule has 2 nitrogen and oxygen atoms in total. The maximum absolute atomic E-state index is 3.60. The topological polar surface area (TPSA) is 15.3 Å². The molecule has 0 aromatic carbocycles. The van der Waals surface area contributed by atoms with E-state index in [-0.39, 0.29) is 0 Å². The minimum absolute atomic E-state index is 0.613. The lowest BCUT2D eigenvalue weighted by Gasteiger charge is -2.27. The number of hydrogen-bond acceptors (Lipinski definition) is 2. The van der Waals surface area contributed by atoms with Crippen molar-refractivity contribution in [1.82, 2.24) is 10.2 Å². The predicted molar refractivity (Wildman–Crippen MR) is 50.3 cm³/mol. The first kappa shape index (κ1) is 10.5. The van der Waals surface area contributed by atoms with Gasteiger partial charge in [-0.15, -0.1) is 0 Å². The molecule has 0 rings (SSSR count). The quantitative estimate of drug-likeness (QED) is 0.609. The van der Waals surface area contributed by atoms with Crippen LogP contribution in [0, 0.1) is 5.92 Å². The Labute approximate surface area is 70.3 Å². The largest absolute Gasteiger partial charge is 0.379 e. The Morgan fingerprint density at radius 3 is 2.36 bits per heavy atom. The van der Waals surface area contributed by atoms with Gasteiger partial charge in [0.2, 0.25) is 0 Å². The van der Waals surface area contributed by atoms with Gasteiger partial charge in [0.25, 0.3) is 0 Å². The third kappa shape index (κ3) is 4.04. The van der Waals surface area contributed by atoms with Crippen molar-refractivity contribution >= 4 is 0 Å². The van der Waals surface area contributed by atoms with Gasteiger partial charge >= 0.3 is 0 Å². The van der Waals surface area contributed by atoms with E-state index in [9.17, 15) is 0 Å². The summed E-state index contributed by atoms with van der Waals surface area (Å²) in [6, 6.07) is 0.613. The predicted octanol–water partition coefficient (Wildman–Crippen LogP) is 1.65. The summed E-state index contributed by atoms with van der Waals surface area (Å²) in [6.45, 7) is 11.2. The standard InChI is InChI=1S/C9H20N2/c1-6-10-7-11(5)9(4)8(2)3/h6,8-10H,1,7H2,2-5H3. The molecule has 2 heteroatoms. The second kappa shape index (κ2) is 5.19. The Kier molecular flexibility index (Phi) is 4.95. The van der Waals surface area contributed by atoms with Crippen molar-refractivity contribution in [3.63, 3.8) is 0 Å². The van der Waals surface area contributed by atoms with Crippen LogP contribution in [0.15, 0.2) is 12.8 Å². The lowest BCUT2D eigenvalue weighted by Crippen LogP contribution is -2.38. The number of rotatable bonds is 5. The zero-order valence-corrected chi connectivity index (χ0v) is 8.09. The fourth-order valence-electron chi connectivity index (χ4n) is 0.861. The Hall–Kier alpha value is -0.500. The van der Waals surface area contributed by atoms with Crippen LogP contribution in [0.1, 0.15) is 20.8 Å². The Bertz CT molecular complexity index is 110. The van der Waals surface area contributed by atoms with Crippen LogP contribution >= 0.6 is 0 Å². The zero-order valence-electron chi connectivity index (χ0n) is 8.09. The Morgan fingerprint density at radius 2 is 2.00 bits per heavy atom. The molecule has 0 aliphatic heterocycles. The Morgan fingerprint density at radius 1 is 1.45 bits per heavy atom. The summed E-state index contributed by atoms with van der Waals surface area (Å²) >= 11 is 0. The maximum atomic E-state index is 3.60. The first-order valence-corrected chi connectivity index (χ1v) is 4.14. The summed E-state index contributed by atoms with van der Waals surface area (Å²) in [5.74, 6) is 0.701. The fraction of sp³-hybridized carbons (Fsp3) is 0.778. The molecule has 1 atom stereocenters. The smallest absolute Gasteiger partial charge is 0.0672 e. The summed E-state index contributed by atoms with van der Waals surface area (Å²) < 4.78 is 0. The summed E-state index contributed by atoms with van der Waals surface area (Å²) in [4.78, 5) is 2.27. The molecule has 0 spiro atoms. The van der Waals surface area contributed by atoms with Crippen molar-refractivity contribution in [2.45, 2.75) is 26.8 Å². The van der Waals surface area contributed by atoms with Crippen LogP contribution in [0.25, 0.3) is 0 Å². The van der Waals surface area contributed by atoms with Crippen LogP contribution < -0.4 is 5.32 Å². The average molecular weight is 156 g/mol. The van der Waals surface area contributed by atoms with Gasteiger partial charge in [0.05, 0.1) is 6.67 Å². The molecule has 66 valence electrons. The molecule has 1 N–H and O–H groups in total. The minimum Gasteiger partial charge on any atom is -0.379 e. The molecule has 0 saturated carbocycles. The number of nitrogens with zero attached hydrogens (tertiary/aromatic N) is 1. The summed E-state index contributed by atoms with van der Waals surface area (Å²) in [5, 5.41) is 3.07. The normalized spacial score (nSPS) is 13.6. The van der Waals surface area contributed by atoms with Crippen LogP contribution in [-0.4, -0.2) is 24.7 Å². The molecule has 0 bridgehead atoms. The first-order valence-electron chi connectivity index (χ1n) is 4.14. The van der Waals surface area contributed by atoms with Gasteiger partial charge in [0, 0.05) is 6.04 Å². The number of hydrogen-bond donors (Lipinski definition) is 1. The van der Waals surface area contributed by atoms with Gasteiger partial charge in [-0.2, -0.15) is 0 Å². The third-order valence-corrected chi connectivity index (χ3v) is 2.15. The van der Waals surface area contributed by atoms with E-state index < -0.39 is 0 Å². The van der Waals surface area contributed by atoms with Gasteiger partial charge in [0.1, 0.15) is 0 Å². The van der Waals surface area contributed by atoms with Crippen molar-refractivity contribution in [3.05, 3.63) is 12.8 Å². The van der Waals surface area contributed by atoms with Gasteiger partial charge in [-0.3, -0.25) is 4.90 Å². The Balaban J connectivity index is 3.63. The van der Waals surface area contributed by atoms with Gasteiger partial charge in [-0.25, -0.2) is 0 Å². The molecule has 0 aliphatic carbocycles. The second-order valence-electron chi connectivity index (χ2n) is 3.31. The van der Waals surface area contributed by atoms with Crippen LogP contribution in [0.3, 0.4) is 0 Å². The fourth-order valence-corrected chi connectivity index (χ4v) is 0.861. The van der Waals surface area contributed by atoms with E-state index in [0.717, 1.165) is 6.67 Å². The molecular weight excluding hydrogens is 136 g/mol. The maximum Gasteiger partial charge on any atom is 0.0672 e. The van der Waals surface area contributed by atoms with Crippen molar-refractivity contribution < 1.29 is 0 Å². The van der Waals surface area contributed by atoms with Crippen LogP contribution in [0.2, 0.25) is 0 Å². The minimum atomic E-state index is 0.613. The highest BCUT2D eigenvalue weighted by molar-refractivity contribution is 4.68. The summed E-state index contributed by atoms with van der Waals surface area (Å²) in [7, 11) is 2.11. The second-order valence-corrected chi connectivity index (χ2v) is 3.31. The van der Waals surface area contributed by atoms with Crippen molar-refractivity contribution in [3.8, 4) is 0 Å². The molecule has 0 heterocycles. The van der Waals surface area contributed by atoms with E-state index in [2.05, 4.69) is 44.6 Å². The monoisotopic (exact) mass is 156 g/mol. The lowest BCUT2D eigenvalue weighted by molar-refractivity contribution is 0.202. The van der Waals surface area contributed by atoms with Crippen molar-refractivity contribution in [2.24, 2.45) is 5.92 Å². The molecule has 0 radical (unpaired) electrons. The van der Waals surface area contributed by atoms with Gasteiger partial charge in [-0.1, -0.05) is 20.4 Å². The molecule has 0 fully saturated rings. The summed E-state index contributed by atoms with van der Waals surface area (Å²) in [5.41, 5.74) is 0. The SMILES string of the molecule is C=CNCN(C)C(C)C(C)C.